The number of amides is 3. The van der Waals surface area contributed by atoms with Crippen molar-refractivity contribution in [2.24, 2.45) is 5.10 Å². The quantitative estimate of drug-likeness (QED) is 0.811. The Morgan fingerprint density at radius 2 is 2.00 bits per heavy atom. The van der Waals surface area contributed by atoms with Gasteiger partial charge in [-0.15, -0.1) is 0 Å². The Morgan fingerprint density at radius 1 is 1.22 bits per heavy atom. The first-order chi connectivity index (χ1) is 13.0. The number of hydrogen-bond donors (Lipinski definition) is 1. The first-order valence-corrected chi connectivity index (χ1v) is 8.91. The van der Waals surface area contributed by atoms with Crippen LogP contribution < -0.4 is 5.32 Å². The molecule has 8 nitrogen and oxygen atoms in total. The maximum absolute atomic E-state index is 12.8. The van der Waals surface area contributed by atoms with Gasteiger partial charge in [0.15, 0.2) is 0 Å². The van der Waals surface area contributed by atoms with Gasteiger partial charge in [-0.25, -0.2) is 4.79 Å². The molecule has 0 radical (unpaired) electrons. The van der Waals surface area contributed by atoms with Crippen LogP contribution in [-0.4, -0.2) is 51.8 Å². The molecule has 0 bridgehead atoms. The summed E-state index contributed by atoms with van der Waals surface area (Å²) in [6.45, 7) is 4.74. The lowest BCUT2D eigenvalue weighted by Crippen LogP contribution is -2.44. The lowest BCUT2D eigenvalue weighted by atomic mass is 10.1. The van der Waals surface area contributed by atoms with Crippen LogP contribution in [0.2, 0.25) is 0 Å². The first-order valence-electron chi connectivity index (χ1n) is 8.91. The smallest absolute Gasteiger partial charge is 0.325 e. The van der Waals surface area contributed by atoms with E-state index in [2.05, 4.69) is 15.6 Å². The summed E-state index contributed by atoms with van der Waals surface area (Å²) in [7, 11) is 0. The number of imide groups is 1. The number of urea groups is 1. The zero-order valence-electron chi connectivity index (χ0n) is 15.3. The van der Waals surface area contributed by atoms with Gasteiger partial charge < -0.3 is 9.84 Å². The molecule has 27 heavy (non-hydrogen) atoms. The molecule has 3 heterocycles. The number of carbonyl (C=O) groups excluding carboxylic acids is 2. The van der Waals surface area contributed by atoms with Crippen molar-refractivity contribution in [3.05, 3.63) is 52.9 Å². The summed E-state index contributed by atoms with van der Waals surface area (Å²) < 4.78 is 5.18. The normalized spacial score (nSPS) is 22.0. The topological polar surface area (TPSA) is 91.0 Å². The van der Waals surface area contributed by atoms with Crippen LogP contribution in [0.3, 0.4) is 0 Å². The van der Waals surface area contributed by atoms with Crippen molar-refractivity contribution in [1.29, 1.82) is 0 Å². The van der Waals surface area contributed by atoms with Gasteiger partial charge in [-0.1, -0.05) is 35.5 Å². The van der Waals surface area contributed by atoms with E-state index in [4.69, 9.17) is 4.52 Å². The molecule has 8 heteroatoms. The van der Waals surface area contributed by atoms with Crippen LogP contribution in [0.5, 0.6) is 0 Å². The molecule has 2 aromatic rings. The van der Waals surface area contributed by atoms with E-state index in [9.17, 15) is 9.59 Å². The van der Waals surface area contributed by atoms with Crippen molar-refractivity contribution in [3.8, 4) is 0 Å². The molecule has 1 N–H and O–H groups in total. The Labute approximate surface area is 156 Å². The van der Waals surface area contributed by atoms with Crippen molar-refractivity contribution in [2.45, 2.75) is 38.9 Å². The van der Waals surface area contributed by atoms with Gasteiger partial charge in [-0.2, -0.15) is 5.10 Å². The van der Waals surface area contributed by atoms with Gasteiger partial charge in [0.1, 0.15) is 11.8 Å². The molecule has 1 fully saturated rings. The number of hydrazone groups is 1. The number of aryl methyl sites for hydroxylation is 2. The van der Waals surface area contributed by atoms with Crippen LogP contribution in [0.15, 0.2) is 40.0 Å². The highest BCUT2D eigenvalue weighted by atomic mass is 16.5. The highest BCUT2D eigenvalue weighted by Gasteiger charge is 2.43. The van der Waals surface area contributed by atoms with E-state index >= 15 is 0 Å². The second kappa shape index (κ2) is 6.86. The van der Waals surface area contributed by atoms with Gasteiger partial charge >= 0.3 is 6.03 Å². The lowest BCUT2D eigenvalue weighted by Gasteiger charge is -2.21. The average Bonchev–Trinajstić information content (AvgIpc) is 3.31. The second-order valence-electron chi connectivity index (χ2n) is 6.88. The minimum Gasteiger partial charge on any atom is -0.361 e. The summed E-state index contributed by atoms with van der Waals surface area (Å²) in [5, 5.41) is 12.9. The van der Waals surface area contributed by atoms with E-state index in [1.165, 1.54) is 4.90 Å². The SMILES string of the molecule is Cc1noc(C)c1CN1CC(N2C(=O)NC(Cc3ccccc3)C2=O)C=N1. The second-order valence-corrected chi connectivity index (χ2v) is 6.88. The number of benzene rings is 1. The zero-order valence-corrected chi connectivity index (χ0v) is 15.3. The Hall–Kier alpha value is -3.16. The van der Waals surface area contributed by atoms with Crippen molar-refractivity contribution in [2.75, 3.05) is 6.54 Å². The van der Waals surface area contributed by atoms with Gasteiger partial charge in [0.2, 0.25) is 0 Å². The Morgan fingerprint density at radius 3 is 2.70 bits per heavy atom. The molecular weight excluding hydrogens is 346 g/mol. The Balaban J connectivity index is 1.41. The summed E-state index contributed by atoms with van der Waals surface area (Å²) >= 11 is 0. The monoisotopic (exact) mass is 367 g/mol. The van der Waals surface area contributed by atoms with Gasteiger partial charge in [0.25, 0.3) is 5.91 Å². The van der Waals surface area contributed by atoms with E-state index < -0.39 is 6.04 Å². The molecule has 2 atom stereocenters. The molecule has 0 spiro atoms. The molecule has 2 aliphatic rings. The van der Waals surface area contributed by atoms with Gasteiger partial charge in [-0.3, -0.25) is 14.7 Å². The van der Waals surface area contributed by atoms with Crippen LogP contribution >= 0.6 is 0 Å². The van der Waals surface area contributed by atoms with E-state index in [1.807, 2.05) is 49.2 Å². The molecule has 1 saturated heterocycles. The predicted octanol–water partition coefficient (Wildman–Crippen LogP) is 1.62. The third-order valence-corrected chi connectivity index (χ3v) is 4.99. The molecule has 0 aliphatic carbocycles. The Kier molecular flexibility index (Phi) is 4.39. The third-order valence-electron chi connectivity index (χ3n) is 4.99. The number of rotatable bonds is 5. The molecule has 1 aromatic carbocycles. The zero-order chi connectivity index (χ0) is 19.0. The fourth-order valence-electron chi connectivity index (χ4n) is 3.50. The fourth-order valence-corrected chi connectivity index (χ4v) is 3.50. The summed E-state index contributed by atoms with van der Waals surface area (Å²) in [6.07, 6.45) is 2.13. The number of carbonyl (C=O) groups is 2. The summed E-state index contributed by atoms with van der Waals surface area (Å²) in [4.78, 5) is 26.5. The number of nitrogens with one attached hydrogen (secondary N) is 1. The van der Waals surface area contributed by atoms with Crippen molar-refractivity contribution < 1.29 is 14.1 Å². The molecular formula is C19H21N5O3. The van der Waals surface area contributed by atoms with Crippen LogP contribution in [0.4, 0.5) is 4.79 Å². The van der Waals surface area contributed by atoms with E-state index in [1.54, 1.807) is 6.21 Å². The number of hydrogen-bond acceptors (Lipinski definition) is 6. The van der Waals surface area contributed by atoms with Gasteiger partial charge in [0, 0.05) is 18.2 Å². The summed E-state index contributed by atoms with van der Waals surface area (Å²) in [6, 6.07) is 8.39. The lowest BCUT2D eigenvalue weighted by molar-refractivity contribution is -0.128. The largest absolute Gasteiger partial charge is 0.361 e. The maximum Gasteiger partial charge on any atom is 0.325 e. The molecule has 2 aliphatic heterocycles. The van der Waals surface area contributed by atoms with Crippen molar-refractivity contribution in [1.82, 2.24) is 20.4 Å². The standard InChI is InChI=1S/C19H21N5O3/c1-12-16(13(2)27-22-12)11-23-10-15(9-20-23)24-18(25)17(21-19(24)26)8-14-6-4-3-5-7-14/h3-7,9,15,17H,8,10-11H2,1-2H3,(H,21,26). The van der Waals surface area contributed by atoms with Crippen molar-refractivity contribution in [3.63, 3.8) is 0 Å². The van der Waals surface area contributed by atoms with Gasteiger partial charge in [0.05, 0.1) is 24.8 Å². The molecule has 2 unspecified atom stereocenters. The fraction of sp³-hybridized carbons (Fsp3) is 0.368. The Bertz CT molecular complexity index is 873. The predicted molar refractivity (Wildman–Crippen MR) is 98.0 cm³/mol. The van der Waals surface area contributed by atoms with Crippen LogP contribution in [0.25, 0.3) is 0 Å². The van der Waals surface area contributed by atoms with Gasteiger partial charge in [-0.05, 0) is 19.4 Å². The minimum absolute atomic E-state index is 0.209. The summed E-state index contributed by atoms with van der Waals surface area (Å²) in [5.41, 5.74) is 2.81. The maximum atomic E-state index is 12.8. The average molecular weight is 367 g/mol. The number of nitrogens with zero attached hydrogens (tertiary/aromatic N) is 4. The highest BCUT2D eigenvalue weighted by Crippen LogP contribution is 2.21. The van der Waals surface area contributed by atoms with Crippen LogP contribution in [-0.2, 0) is 17.8 Å². The molecule has 0 saturated carbocycles. The van der Waals surface area contributed by atoms with Crippen LogP contribution in [0.1, 0.15) is 22.6 Å². The van der Waals surface area contributed by atoms with E-state index in [0.29, 0.717) is 19.5 Å². The first kappa shape index (κ1) is 17.3. The molecule has 140 valence electrons. The highest BCUT2D eigenvalue weighted by molar-refractivity contribution is 6.06. The third kappa shape index (κ3) is 3.30. The van der Waals surface area contributed by atoms with Crippen LogP contribution in [0, 0.1) is 13.8 Å². The number of aromatic nitrogens is 1. The minimum atomic E-state index is -0.537. The summed E-state index contributed by atoms with van der Waals surface area (Å²) in [5.74, 6) is 0.545. The van der Waals surface area contributed by atoms with E-state index in [0.717, 1.165) is 22.6 Å². The van der Waals surface area contributed by atoms with Crippen molar-refractivity contribution >= 4 is 18.2 Å². The molecule has 4 rings (SSSR count). The van der Waals surface area contributed by atoms with E-state index in [-0.39, 0.29) is 18.0 Å². The molecule has 1 aromatic heterocycles. The molecule has 3 amide bonds.